The topological polar surface area (TPSA) is 63.1 Å². The first-order valence-electron chi connectivity index (χ1n) is 8.69. The van der Waals surface area contributed by atoms with Crippen molar-refractivity contribution in [1.82, 2.24) is 15.2 Å². The summed E-state index contributed by atoms with van der Waals surface area (Å²) >= 11 is 11.9. The van der Waals surface area contributed by atoms with Gasteiger partial charge in [0.25, 0.3) is 11.5 Å². The molecule has 1 amide bonds. The molecule has 0 radical (unpaired) electrons. The van der Waals surface area contributed by atoms with E-state index >= 15 is 0 Å². The smallest absolute Gasteiger partial charge is 0.263 e. The molecule has 27 heavy (non-hydrogen) atoms. The molecule has 2 aliphatic rings. The lowest BCUT2D eigenvalue weighted by Gasteiger charge is -2.37. The Balaban J connectivity index is 0.00000210. The van der Waals surface area contributed by atoms with Crippen LogP contribution in [-0.2, 0) is 13.1 Å². The lowest BCUT2D eigenvalue weighted by Crippen LogP contribution is -2.46. The molecule has 0 saturated carbocycles. The van der Waals surface area contributed by atoms with E-state index in [0.717, 1.165) is 30.8 Å². The number of benzene rings is 1. The summed E-state index contributed by atoms with van der Waals surface area (Å²) in [5.41, 5.74) is 1.83. The number of rotatable bonds is 3. The highest BCUT2D eigenvalue weighted by Crippen LogP contribution is 2.31. The van der Waals surface area contributed by atoms with Gasteiger partial charge < -0.3 is 15.2 Å². The normalized spacial score (nSPS) is 20.4. The highest BCUT2D eigenvalue weighted by Gasteiger charge is 2.31. The predicted molar refractivity (Wildman–Crippen MR) is 109 cm³/mol. The second kappa shape index (κ2) is 8.23. The second-order valence-corrected chi connectivity index (χ2v) is 7.79. The minimum atomic E-state index is -0.370. The van der Waals surface area contributed by atoms with Gasteiger partial charge in [0.2, 0.25) is 0 Å². The summed E-state index contributed by atoms with van der Waals surface area (Å²) in [7, 11) is 0. The van der Waals surface area contributed by atoms with Crippen molar-refractivity contribution in [3.05, 3.63) is 67.6 Å². The van der Waals surface area contributed by atoms with Gasteiger partial charge >= 0.3 is 0 Å². The van der Waals surface area contributed by atoms with Gasteiger partial charge in [-0.1, -0.05) is 29.3 Å². The van der Waals surface area contributed by atoms with Crippen LogP contribution in [0.15, 0.2) is 35.1 Å². The minimum Gasteiger partial charge on any atom is -0.348 e. The molecule has 2 atom stereocenters. The van der Waals surface area contributed by atoms with E-state index in [1.807, 2.05) is 6.07 Å². The van der Waals surface area contributed by atoms with Crippen LogP contribution in [0.1, 0.15) is 34.0 Å². The van der Waals surface area contributed by atoms with Gasteiger partial charge in [-0.2, -0.15) is 0 Å². The maximum atomic E-state index is 12.8. The van der Waals surface area contributed by atoms with Crippen molar-refractivity contribution in [3.63, 3.8) is 0 Å². The number of amides is 1. The molecular weight excluding hydrogens is 409 g/mol. The number of piperidine rings is 1. The maximum Gasteiger partial charge on any atom is 0.263 e. The third kappa shape index (κ3) is 4.02. The molecule has 8 heteroatoms. The number of pyridine rings is 1. The molecule has 1 fully saturated rings. The quantitative estimate of drug-likeness (QED) is 0.789. The predicted octanol–water partition coefficient (Wildman–Crippen LogP) is 3.21. The summed E-state index contributed by atoms with van der Waals surface area (Å²) in [6, 6.07) is 8.75. The summed E-state index contributed by atoms with van der Waals surface area (Å²) in [5.74, 6) is 0.433. The number of carbonyl (C=O) groups is 1. The fraction of sp³-hybridized carbons (Fsp3) is 0.368. The molecule has 3 heterocycles. The first kappa shape index (κ1) is 20.2. The lowest BCUT2D eigenvalue weighted by atomic mass is 9.84. The van der Waals surface area contributed by atoms with Crippen molar-refractivity contribution < 1.29 is 4.79 Å². The number of nitrogens with one attached hydrogen (secondary N) is 2. The molecule has 2 aromatic rings. The van der Waals surface area contributed by atoms with Crippen molar-refractivity contribution in [3.8, 4) is 0 Å². The molecule has 4 rings (SSSR count). The van der Waals surface area contributed by atoms with Crippen LogP contribution in [0.3, 0.4) is 0 Å². The number of hydrogen-bond acceptors (Lipinski definition) is 3. The maximum absolute atomic E-state index is 12.8. The van der Waals surface area contributed by atoms with E-state index in [4.69, 9.17) is 23.2 Å². The molecule has 5 nitrogen and oxygen atoms in total. The fourth-order valence-corrected chi connectivity index (χ4v) is 4.21. The van der Waals surface area contributed by atoms with Gasteiger partial charge in [-0.3, -0.25) is 9.59 Å². The number of aromatic nitrogens is 1. The van der Waals surface area contributed by atoms with Crippen molar-refractivity contribution in [2.24, 2.45) is 5.92 Å². The summed E-state index contributed by atoms with van der Waals surface area (Å²) in [6.07, 6.45) is 1.11. The van der Waals surface area contributed by atoms with E-state index in [0.29, 0.717) is 28.4 Å². The number of hydrogen-bond donors (Lipinski definition) is 2. The van der Waals surface area contributed by atoms with Gasteiger partial charge in [-0.15, -0.1) is 12.4 Å². The Morgan fingerprint density at radius 1 is 1.19 bits per heavy atom. The van der Waals surface area contributed by atoms with Crippen LogP contribution in [0.4, 0.5) is 0 Å². The van der Waals surface area contributed by atoms with E-state index in [9.17, 15) is 9.59 Å². The van der Waals surface area contributed by atoms with Gasteiger partial charge in [-0.25, -0.2) is 0 Å². The Hall–Kier alpha value is -1.53. The van der Waals surface area contributed by atoms with Gasteiger partial charge in [0.15, 0.2) is 0 Å². The van der Waals surface area contributed by atoms with E-state index in [1.54, 1.807) is 28.8 Å². The molecule has 2 bridgehead atoms. The summed E-state index contributed by atoms with van der Waals surface area (Å²) in [4.78, 5) is 25.4. The van der Waals surface area contributed by atoms with Gasteiger partial charge in [0.1, 0.15) is 5.56 Å². The zero-order valence-electron chi connectivity index (χ0n) is 14.5. The van der Waals surface area contributed by atoms with Crippen LogP contribution in [0.25, 0.3) is 0 Å². The molecule has 2 N–H and O–H groups in total. The van der Waals surface area contributed by atoms with Gasteiger partial charge in [0, 0.05) is 31.2 Å². The first-order valence-corrected chi connectivity index (χ1v) is 9.45. The van der Waals surface area contributed by atoms with Crippen LogP contribution >= 0.6 is 35.6 Å². The molecule has 144 valence electrons. The molecule has 2 aliphatic heterocycles. The molecule has 0 aliphatic carbocycles. The van der Waals surface area contributed by atoms with Crippen LogP contribution in [0, 0.1) is 5.92 Å². The number of halogens is 3. The Labute approximate surface area is 173 Å². The van der Waals surface area contributed by atoms with E-state index in [-0.39, 0.29) is 36.0 Å². The SMILES string of the molecule is Cl.O=C(NCc1ccc(Cl)c(Cl)c1)c1ccc2n(c1=O)C[C@@H]1CNC[C@H]2C1. The third-order valence-electron chi connectivity index (χ3n) is 5.19. The van der Waals surface area contributed by atoms with Crippen molar-refractivity contribution in [1.29, 1.82) is 0 Å². The zero-order valence-corrected chi connectivity index (χ0v) is 16.8. The highest BCUT2D eigenvalue weighted by atomic mass is 35.5. The van der Waals surface area contributed by atoms with Crippen molar-refractivity contribution in [2.45, 2.75) is 25.4 Å². The lowest BCUT2D eigenvalue weighted by molar-refractivity contribution is 0.0948. The van der Waals surface area contributed by atoms with Gasteiger partial charge in [0.05, 0.1) is 10.0 Å². The van der Waals surface area contributed by atoms with E-state index in [2.05, 4.69) is 10.6 Å². The zero-order chi connectivity index (χ0) is 18.3. The second-order valence-electron chi connectivity index (χ2n) is 6.98. The summed E-state index contributed by atoms with van der Waals surface area (Å²) in [5, 5.41) is 7.11. The Morgan fingerprint density at radius 2 is 2.00 bits per heavy atom. The largest absolute Gasteiger partial charge is 0.348 e. The van der Waals surface area contributed by atoms with E-state index in [1.165, 1.54) is 0 Å². The molecule has 1 aromatic heterocycles. The average molecular weight is 429 g/mol. The molecule has 0 unspecified atom stereocenters. The molecular formula is C19H20Cl3N3O2. The third-order valence-corrected chi connectivity index (χ3v) is 5.93. The van der Waals surface area contributed by atoms with Crippen LogP contribution in [0.5, 0.6) is 0 Å². The molecule has 1 aromatic carbocycles. The average Bonchev–Trinajstić information content (AvgIpc) is 2.64. The monoisotopic (exact) mass is 427 g/mol. The summed E-state index contributed by atoms with van der Waals surface area (Å²) < 4.78 is 1.79. The Bertz CT molecular complexity index is 929. The highest BCUT2D eigenvalue weighted by molar-refractivity contribution is 6.42. The molecule has 1 saturated heterocycles. The van der Waals surface area contributed by atoms with E-state index < -0.39 is 0 Å². The first-order chi connectivity index (χ1) is 12.5. The summed E-state index contributed by atoms with van der Waals surface area (Å²) in [6.45, 7) is 2.77. The van der Waals surface area contributed by atoms with Crippen LogP contribution in [0.2, 0.25) is 10.0 Å². The standard InChI is InChI=1S/C19H19Cl2N3O2.ClH/c20-15-3-1-11(6-16(15)21)8-23-18(25)14-2-4-17-13-5-12(7-22-9-13)10-24(17)19(14)26;/h1-4,6,12-13,22H,5,7-10H2,(H,23,25);1H/t12-,13+;/m0./s1. The molecule has 0 spiro atoms. The number of carbonyl (C=O) groups excluding carboxylic acids is 1. The van der Waals surface area contributed by atoms with Crippen molar-refractivity contribution >= 4 is 41.5 Å². The Kier molecular flexibility index (Phi) is 6.16. The van der Waals surface area contributed by atoms with Crippen LogP contribution < -0.4 is 16.2 Å². The van der Waals surface area contributed by atoms with Gasteiger partial charge in [-0.05, 0) is 48.7 Å². The van der Waals surface area contributed by atoms with Crippen molar-refractivity contribution in [2.75, 3.05) is 13.1 Å². The fourth-order valence-electron chi connectivity index (χ4n) is 3.89. The Morgan fingerprint density at radius 3 is 2.78 bits per heavy atom. The van der Waals surface area contributed by atoms with Crippen LogP contribution in [-0.4, -0.2) is 23.6 Å². The number of fused-ring (bicyclic) bond motifs is 4. The minimum absolute atomic E-state index is 0. The number of nitrogens with zero attached hydrogens (tertiary/aromatic N) is 1.